The van der Waals surface area contributed by atoms with Gasteiger partial charge in [0.2, 0.25) is 0 Å². The Balaban J connectivity index is 3.12. The van der Waals surface area contributed by atoms with Crippen molar-refractivity contribution in [2.45, 2.75) is 33.6 Å². The summed E-state index contributed by atoms with van der Waals surface area (Å²) in [5.41, 5.74) is 2.60. The minimum atomic E-state index is 0.536. The Hall–Kier alpha value is -0.490. The van der Waals surface area contributed by atoms with E-state index in [2.05, 4.69) is 33.8 Å². The second-order valence-corrected chi connectivity index (χ2v) is 4.41. The predicted molar refractivity (Wildman–Crippen MR) is 59.4 cm³/mol. The van der Waals surface area contributed by atoms with Crippen LogP contribution in [0.2, 0.25) is 5.02 Å². The molecule has 0 saturated carbocycles. The third-order valence-electron chi connectivity index (χ3n) is 2.73. The first kappa shape index (κ1) is 10.6. The van der Waals surface area contributed by atoms with Crippen LogP contribution in [0.3, 0.4) is 0 Å². The molecule has 0 radical (unpaired) electrons. The molecule has 0 fully saturated rings. The molecule has 0 aliphatic rings. The molecule has 13 heavy (non-hydrogen) atoms. The van der Waals surface area contributed by atoms with E-state index in [1.165, 1.54) is 11.1 Å². The van der Waals surface area contributed by atoms with Crippen molar-refractivity contribution in [3.05, 3.63) is 34.3 Å². The Bertz CT molecular complexity index is 269. The van der Waals surface area contributed by atoms with Crippen molar-refractivity contribution in [3.63, 3.8) is 0 Å². The van der Waals surface area contributed by atoms with Gasteiger partial charge in [0.1, 0.15) is 0 Å². The number of aryl methyl sites for hydroxylation is 1. The molecular weight excluding hydrogens is 180 g/mol. The Morgan fingerprint density at radius 1 is 1.15 bits per heavy atom. The number of halogens is 1. The molecule has 1 aromatic rings. The molecule has 0 nitrogen and oxygen atoms in total. The highest BCUT2D eigenvalue weighted by atomic mass is 35.5. The maximum absolute atomic E-state index is 6.17. The lowest BCUT2D eigenvalue weighted by Crippen LogP contribution is -2.04. The molecule has 0 aromatic heterocycles. The summed E-state index contributed by atoms with van der Waals surface area (Å²) in [6, 6.07) is 6.11. The Morgan fingerprint density at radius 2 is 1.77 bits per heavy atom. The van der Waals surface area contributed by atoms with Crippen molar-refractivity contribution >= 4 is 11.6 Å². The van der Waals surface area contributed by atoms with E-state index in [1.54, 1.807) is 0 Å². The van der Waals surface area contributed by atoms with Crippen LogP contribution in [0.5, 0.6) is 0 Å². The largest absolute Gasteiger partial charge is 0.0840 e. The molecule has 0 aliphatic carbocycles. The van der Waals surface area contributed by atoms with Gasteiger partial charge in [-0.3, -0.25) is 0 Å². The Kier molecular flexibility index (Phi) is 3.38. The molecule has 1 atom stereocenters. The highest BCUT2D eigenvalue weighted by Crippen LogP contribution is 2.32. The second-order valence-electron chi connectivity index (χ2n) is 4.00. The summed E-state index contributed by atoms with van der Waals surface area (Å²) in [6.45, 7) is 8.82. The summed E-state index contributed by atoms with van der Waals surface area (Å²) < 4.78 is 0. The summed E-state index contributed by atoms with van der Waals surface area (Å²) >= 11 is 6.17. The average Bonchev–Trinajstić information content (AvgIpc) is 2.03. The van der Waals surface area contributed by atoms with Gasteiger partial charge in [-0.05, 0) is 36.0 Å². The van der Waals surface area contributed by atoms with Crippen LogP contribution in [0, 0.1) is 12.8 Å². The fourth-order valence-corrected chi connectivity index (χ4v) is 1.95. The van der Waals surface area contributed by atoms with E-state index in [9.17, 15) is 0 Å². The van der Waals surface area contributed by atoms with Crippen LogP contribution in [-0.4, -0.2) is 0 Å². The summed E-state index contributed by atoms with van der Waals surface area (Å²) in [5.74, 6) is 1.17. The SMILES string of the molecule is Cc1cccc(Cl)c1C(C)C(C)C. The molecular formula is C12H17Cl. The zero-order valence-corrected chi connectivity index (χ0v) is 9.52. The van der Waals surface area contributed by atoms with E-state index in [-0.39, 0.29) is 0 Å². The van der Waals surface area contributed by atoms with Crippen molar-refractivity contribution in [1.29, 1.82) is 0 Å². The molecule has 0 spiro atoms. The van der Waals surface area contributed by atoms with Gasteiger partial charge in [-0.1, -0.05) is 44.5 Å². The smallest absolute Gasteiger partial charge is 0.0443 e. The first-order valence-corrected chi connectivity index (χ1v) is 5.17. The molecule has 1 heteroatoms. The van der Waals surface area contributed by atoms with Crippen molar-refractivity contribution < 1.29 is 0 Å². The van der Waals surface area contributed by atoms with Crippen LogP contribution in [0.25, 0.3) is 0 Å². The lowest BCUT2D eigenvalue weighted by atomic mass is 9.87. The van der Waals surface area contributed by atoms with Crippen molar-refractivity contribution in [1.82, 2.24) is 0 Å². The van der Waals surface area contributed by atoms with Gasteiger partial charge in [-0.15, -0.1) is 0 Å². The van der Waals surface area contributed by atoms with E-state index < -0.39 is 0 Å². The maximum atomic E-state index is 6.17. The minimum Gasteiger partial charge on any atom is -0.0840 e. The third-order valence-corrected chi connectivity index (χ3v) is 3.06. The summed E-state index contributed by atoms with van der Waals surface area (Å²) in [4.78, 5) is 0. The first-order chi connectivity index (χ1) is 6.04. The van der Waals surface area contributed by atoms with E-state index in [4.69, 9.17) is 11.6 Å². The van der Waals surface area contributed by atoms with Gasteiger partial charge >= 0.3 is 0 Å². The predicted octanol–water partition coefficient (Wildman–Crippen LogP) is 4.41. The molecule has 0 saturated heterocycles. The number of rotatable bonds is 2. The molecule has 0 aliphatic heterocycles. The van der Waals surface area contributed by atoms with Gasteiger partial charge in [0, 0.05) is 5.02 Å². The number of hydrogen-bond donors (Lipinski definition) is 0. The lowest BCUT2D eigenvalue weighted by Gasteiger charge is -2.19. The van der Waals surface area contributed by atoms with E-state index in [0.717, 1.165) is 5.02 Å². The van der Waals surface area contributed by atoms with E-state index in [1.807, 2.05) is 12.1 Å². The molecule has 1 rings (SSSR count). The van der Waals surface area contributed by atoms with E-state index in [0.29, 0.717) is 11.8 Å². The van der Waals surface area contributed by atoms with Crippen LogP contribution in [-0.2, 0) is 0 Å². The summed E-state index contributed by atoms with van der Waals surface area (Å²) in [7, 11) is 0. The number of hydrogen-bond acceptors (Lipinski definition) is 0. The van der Waals surface area contributed by atoms with Crippen LogP contribution in [0.15, 0.2) is 18.2 Å². The van der Waals surface area contributed by atoms with Crippen LogP contribution in [0.1, 0.15) is 37.8 Å². The highest BCUT2D eigenvalue weighted by Gasteiger charge is 2.14. The van der Waals surface area contributed by atoms with Gasteiger partial charge in [0.05, 0.1) is 0 Å². The van der Waals surface area contributed by atoms with Gasteiger partial charge in [-0.2, -0.15) is 0 Å². The molecule has 0 heterocycles. The van der Waals surface area contributed by atoms with Crippen molar-refractivity contribution in [3.8, 4) is 0 Å². The quantitative estimate of drug-likeness (QED) is 0.658. The topological polar surface area (TPSA) is 0 Å². The van der Waals surface area contributed by atoms with Crippen molar-refractivity contribution in [2.75, 3.05) is 0 Å². The fourth-order valence-electron chi connectivity index (χ4n) is 1.55. The zero-order valence-electron chi connectivity index (χ0n) is 8.76. The van der Waals surface area contributed by atoms with Crippen LogP contribution >= 0.6 is 11.6 Å². The van der Waals surface area contributed by atoms with Crippen LogP contribution < -0.4 is 0 Å². The van der Waals surface area contributed by atoms with Crippen LogP contribution in [0.4, 0.5) is 0 Å². The monoisotopic (exact) mass is 196 g/mol. The standard InChI is InChI=1S/C12H17Cl/c1-8(2)10(4)12-9(3)6-5-7-11(12)13/h5-8,10H,1-4H3. The van der Waals surface area contributed by atoms with Gasteiger partial charge in [-0.25, -0.2) is 0 Å². The lowest BCUT2D eigenvalue weighted by molar-refractivity contribution is 0.533. The van der Waals surface area contributed by atoms with Gasteiger partial charge in [0.15, 0.2) is 0 Å². The molecule has 0 N–H and O–H groups in total. The molecule has 1 aromatic carbocycles. The minimum absolute atomic E-state index is 0.536. The molecule has 0 amide bonds. The normalized spacial score (nSPS) is 13.4. The van der Waals surface area contributed by atoms with Crippen molar-refractivity contribution in [2.24, 2.45) is 5.92 Å². The maximum Gasteiger partial charge on any atom is 0.0443 e. The summed E-state index contributed by atoms with van der Waals surface area (Å²) in [5, 5.41) is 0.904. The zero-order chi connectivity index (χ0) is 10.0. The molecule has 0 bridgehead atoms. The van der Waals surface area contributed by atoms with Gasteiger partial charge in [0.25, 0.3) is 0 Å². The highest BCUT2D eigenvalue weighted by molar-refractivity contribution is 6.31. The average molecular weight is 197 g/mol. The molecule has 1 unspecified atom stereocenters. The first-order valence-electron chi connectivity index (χ1n) is 4.79. The third kappa shape index (κ3) is 2.25. The summed E-state index contributed by atoms with van der Waals surface area (Å²) in [6.07, 6.45) is 0. The molecule has 72 valence electrons. The fraction of sp³-hybridized carbons (Fsp3) is 0.500. The Labute approximate surface area is 85.9 Å². The Morgan fingerprint density at radius 3 is 2.23 bits per heavy atom. The van der Waals surface area contributed by atoms with Gasteiger partial charge < -0.3 is 0 Å². The number of benzene rings is 1. The van der Waals surface area contributed by atoms with E-state index >= 15 is 0 Å². The second kappa shape index (κ2) is 4.15.